The predicted octanol–water partition coefficient (Wildman–Crippen LogP) is 1.37. The van der Waals surface area contributed by atoms with Crippen molar-refractivity contribution >= 4 is 11.6 Å². The SMILES string of the molecule is Nc1cc(-c2ccccc2)cc[n+]1CCCCCCCCCCCC[n+]1ccc(-c2ccccc2)cc1N.[I-].[I-]. The number of hydrogen-bond donors (Lipinski definition) is 2. The van der Waals surface area contributed by atoms with E-state index >= 15 is 0 Å². The summed E-state index contributed by atoms with van der Waals surface area (Å²) in [6.07, 6.45) is 17.2. The summed E-state index contributed by atoms with van der Waals surface area (Å²) in [7, 11) is 0. The highest BCUT2D eigenvalue weighted by Gasteiger charge is 2.08. The molecule has 2 aromatic heterocycles. The van der Waals surface area contributed by atoms with Crippen LogP contribution in [-0.4, -0.2) is 0 Å². The Labute approximate surface area is 275 Å². The first-order valence-corrected chi connectivity index (χ1v) is 14.4. The molecule has 2 heterocycles. The van der Waals surface area contributed by atoms with Crippen molar-refractivity contribution in [3.05, 3.63) is 97.3 Å². The van der Waals surface area contributed by atoms with Crippen LogP contribution in [0, 0.1) is 0 Å². The van der Waals surface area contributed by atoms with Crippen molar-refractivity contribution in [2.24, 2.45) is 0 Å². The first-order chi connectivity index (χ1) is 18.7. The Kier molecular flexibility index (Phi) is 16.2. The molecule has 0 spiro atoms. The molecule has 0 radical (unpaired) electrons. The molecule has 0 bridgehead atoms. The van der Waals surface area contributed by atoms with Gasteiger partial charge in [0.05, 0.1) is 25.5 Å². The van der Waals surface area contributed by atoms with Crippen LogP contribution in [0.1, 0.15) is 64.2 Å². The largest absolute Gasteiger partial charge is 1.00 e. The quantitative estimate of drug-likeness (QED) is 0.109. The lowest BCUT2D eigenvalue weighted by atomic mass is 10.1. The van der Waals surface area contributed by atoms with Gasteiger partial charge in [-0.2, -0.15) is 0 Å². The summed E-state index contributed by atoms with van der Waals surface area (Å²) in [6, 6.07) is 29.4. The van der Waals surface area contributed by atoms with Gasteiger partial charge in [0.15, 0.2) is 0 Å². The van der Waals surface area contributed by atoms with E-state index in [0.29, 0.717) is 0 Å². The van der Waals surface area contributed by atoms with E-state index in [4.69, 9.17) is 11.5 Å². The average molecular weight is 763 g/mol. The van der Waals surface area contributed by atoms with E-state index in [-0.39, 0.29) is 48.0 Å². The smallest absolute Gasteiger partial charge is 0.272 e. The molecule has 0 atom stereocenters. The van der Waals surface area contributed by atoms with E-state index in [9.17, 15) is 0 Å². The van der Waals surface area contributed by atoms with Gasteiger partial charge in [-0.05, 0) is 60.1 Å². The van der Waals surface area contributed by atoms with Crippen LogP contribution in [0.2, 0.25) is 0 Å². The number of nitrogen functional groups attached to an aromatic ring is 2. The van der Waals surface area contributed by atoms with Gasteiger partial charge in [0.1, 0.15) is 0 Å². The van der Waals surface area contributed by atoms with Gasteiger partial charge >= 0.3 is 0 Å². The van der Waals surface area contributed by atoms with Crippen molar-refractivity contribution in [2.75, 3.05) is 11.5 Å². The molecule has 6 heteroatoms. The van der Waals surface area contributed by atoms with E-state index in [1.54, 1.807) is 0 Å². The number of benzene rings is 2. The Morgan fingerprint density at radius 3 is 1.05 bits per heavy atom. The number of hydrogen-bond acceptors (Lipinski definition) is 2. The maximum absolute atomic E-state index is 6.31. The zero-order valence-electron chi connectivity index (χ0n) is 23.5. The maximum atomic E-state index is 6.31. The molecule has 0 aliphatic rings. The van der Waals surface area contributed by atoms with Gasteiger partial charge in [-0.3, -0.25) is 11.5 Å². The van der Waals surface area contributed by atoms with Crippen LogP contribution in [0.3, 0.4) is 0 Å². The minimum atomic E-state index is 0. The molecule has 0 unspecified atom stereocenters. The number of pyridine rings is 2. The van der Waals surface area contributed by atoms with Crippen molar-refractivity contribution in [1.29, 1.82) is 0 Å². The third kappa shape index (κ3) is 11.0. The van der Waals surface area contributed by atoms with Crippen LogP contribution in [0.25, 0.3) is 22.3 Å². The number of unbranched alkanes of at least 4 members (excludes halogenated alkanes) is 9. The Morgan fingerprint density at radius 2 is 0.725 bits per heavy atom. The lowest BCUT2D eigenvalue weighted by Gasteiger charge is -2.07. The van der Waals surface area contributed by atoms with Gasteiger partial charge < -0.3 is 48.0 Å². The minimum Gasteiger partial charge on any atom is -1.00 e. The zero-order chi connectivity index (χ0) is 26.4. The van der Waals surface area contributed by atoms with Crippen LogP contribution in [0.15, 0.2) is 97.3 Å². The van der Waals surface area contributed by atoms with Crippen LogP contribution in [0.5, 0.6) is 0 Å². The predicted molar refractivity (Wildman–Crippen MR) is 159 cm³/mol. The van der Waals surface area contributed by atoms with Crippen LogP contribution in [0.4, 0.5) is 11.6 Å². The minimum absolute atomic E-state index is 0. The highest BCUT2D eigenvalue weighted by Crippen LogP contribution is 2.20. The Hall–Kier alpha value is -2.20. The molecule has 4 aromatic rings. The number of nitrogens with zero attached hydrogens (tertiary/aromatic N) is 2. The molecule has 0 fully saturated rings. The number of anilines is 2. The third-order valence-corrected chi connectivity index (χ3v) is 7.40. The molecule has 4 N–H and O–H groups in total. The monoisotopic (exact) mass is 762 g/mol. The summed E-state index contributed by atoms with van der Waals surface area (Å²) < 4.78 is 4.35. The standard InChI is InChI=1S/C34H42N4.2HI/c35-33-27-31(29-17-11-9-12-18-29)21-25-37(33)23-15-7-5-3-1-2-4-6-8-16-24-38-26-22-32(28-34(38)36)30-19-13-10-14-20-30;;/h9-14,17-22,25-28,35-36H,1-8,15-16,23-24H2;2*1H. The van der Waals surface area contributed by atoms with Crippen LogP contribution >= 0.6 is 0 Å². The number of halogens is 2. The lowest BCUT2D eigenvalue weighted by molar-refractivity contribution is -0.683. The van der Waals surface area contributed by atoms with Gasteiger partial charge in [0.25, 0.3) is 11.6 Å². The molecule has 0 saturated heterocycles. The average Bonchev–Trinajstić information content (AvgIpc) is 2.96. The number of nitrogens with two attached hydrogens (primary N) is 2. The fraction of sp³-hybridized carbons (Fsp3) is 0.353. The van der Waals surface area contributed by atoms with E-state index < -0.39 is 0 Å². The van der Waals surface area contributed by atoms with Crippen molar-refractivity contribution in [3.8, 4) is 22.3 Å². The highest BCUT2D eigenvalue weighted by atomic mass is 127. The van der Waals surface area contributed by atoms with Crippen molar-refractivity contribution in [1.82, 2.24) is 0 Å². The highest BCUT2D eigenvalue weighted by molar-refractivity contribution is 5.65. The molecular formula is C34H44I2N4. The van der Waals surface area contributed by atoms with E-state index in [0.717, 1.165) is 24.7 Å². The molecule has 0 aliphatic heterocycles. The normalized spacial score (nSPS) is 10.5. The molecule has 0 amide bonds. The first-order valence-electron chi connectivity index (χ1n) is 14.4. The first kappa shape index (κ1) is 34.0. The topological polar surface area (TPSA) is 59.8 Å². The molecule has 2 aromatic carbocycles. The number of rotatable bonds is 15. The van der Waals surface area contributed by atoms with Gasteiger partial charge in [0.2, 0.25) is 0 Å². The fourth-order valence-corrected chi connectivity index (χ4v) is 5.10. The van der Waals surface area contributed by atoms with Crippen LogP contribution < -0.4 is 68.6 Å². The van der Waals surface area contributed by atoms with E-state index in [2.05, 4.69) is 94.3 Å². The summed E-state index contributed by atoms with van der Waals surface area (Å²) in [4.78, 5) is 0. The van der Waals surface area contributed by atoms with Crippen molar-refractivity contribution in [3.63, 3.8) is 0 Å². The van der Waals surface area contributed by atoms with E-state index in [1.165, 1.54) is 86.5 Å². The Morgan fingerprint density at radius 1 is 0.400 bits per heavy atom. The molecule has 4 rings (SSSR count). The summed E-state index contributed by atoms with van der Waals surface area (Å²) in [5.74, 6) is 1.69. The molecule has 4 nitrogen and oxygen atoms in total. The molecular weight excluding hydrogens is 718 g/mol. The summed E-state index contributed by atoms with van der Waals surface area (Å²) in [5.41, 5.74) is 17.4. The number of aryl methyl sites for hydroxylation is 2. The molecule has 40 heavy (non-hydrogen) atoms. The van der Waals surface area contributed by atoms with Crippen molar-refractivity contribution in [2.45, 2.75) is 77.3 Å². The third-order valence-electron chi connectivity index (χ3n) is 7.40. The van der Waals surface area contributed by atoms with Gasteiger partial charge in [-0.1, -0.05) is 99.2 Å². The summed E-state index contributed by atoms with van der Waals surface area (Å²) >= 11 is 0. The summed E-state index contributed by atoms with van der Waals surface area (Å²) in [5, 5.41) is 0. The zero-order valence-corrected chi connectivity index (χ0v) is 27.8. The fourth-order valence-electron chi connectivity index (χ4n) is 5.10. The second kappa shape index (κ2) is 19.0. The van der Waals surface area contributed by atoms with Crippen LogP contribution in [-0.2, 0) is 13.1 Å². The molecule has 0 aliphatic carbocycles. The Bertz CT molecular complexity index is 1150. The van der Waals surface area contributed by atoms with E-state index in [1.807, 2.05) is 12.1 Å². The number of aromatic nitrogens is 2. The Balaban J connectivity index is 0.00000280. The second-order valence-electron chi connectivity index (χ2n) is 10.3. The lowest BCUT2D eigenvalue weighted by Crippen LogP contribution is -3.00. The summed E-state index contributed by atoms with van der Waals surface area (Å²) in [6.45, 7) is 2.00. The van der Waals surface area contributed by atoms with Crippen molar-refractivity contribution < 1.29 is 57.1 Å². The molecule has 0 saturated carbocycles. The maximum Gasteiger partial charge on any atom is 0.272 e. The van der Waals surface area contributed by atoms with Gasteiger partial charge in [-0.15, -0.1) is 0 Å². The van der Waals surface area contributed by atoms with Gasteiger partial charge in [0, 0.05) is 12.1 Å². The van der Waals surface area contributed by atoms with Gasteiger partial charge in [-0.25, -0.2) is 9.13 Å². The molecule has 214 valence electrons. The second-order valence-corrected chi connectivity index (χ2v) is 10.3.